The Morgan fingerprint density at radius 3 is 1.33 bits per heavy atom. The van der Waals surface area contributed by atoms with E-state index in [9.17, 15) is 0 Å². The molecule has 0 aliphatic heterocycles. The highest BCUT2D eigenvalue weighted by Crippen LogP contribution is 2.46. The van der Waals surface area contributed by atoms with Crippen molar-refractivity contribution in [2.75, 3.05) is 0 Å². The highest BCUT2D eigenvalue weighted by molar-refractivity contribution is 7.19. The molecular weight excluding hydrogens is 713 g/mol. The van der Waals surface area contributed by atoms with E-state index in [1.54, 1.807) is 0 Å². The third kappa shape index (κ3) is 4.26. The largest absolute Gasteiger partial charge is 0.299 e. The fourth-order valence-electron chi connectivity index (χ4n) is 9.92. The molecule has 57 heavy (non-hydrogen) atoms. The Balaban J connectivity index is 1.08. The van der Waals surface area contributed by atoms with Crippen LogP contribution in [0.4, 0.5) is 0 Å². The number of para-hydroxylation sites is 6. The lowest BCUT2D eigenvalue weighted by Crippen LogP contribution is -2.06. The van der Waals surface area contributed by atoms with E-state index in [0.29, 0.717) is 0 Å². The number of hydrogen-bond acceptors (Lipinski definition) is 1. The monoisotopic (exact) mass is 746 g/mol. The minimum Gasteiger partial charge on any atom is -0.299 e. The van der Waals surface area contributed by atoms with E-state index in [2.05, 4.69) is 200 Å². The van der Waals surface area contributed by atoms with Crippen LogP contribution >= 0.6 is 11.3 Å². The van der Waals surface area contributed by atoms with E-state index in [1.807, 2.05) is 11.3 Å². The number of benzene rings is 7. The summed E-state index contributed by atoms with van der Waals surface area (Å²) in [5.41, 5.74) is 13.5. The van der Waals surface area contributed by atoms with E-state index in [4.69, 9.17) is 0 Å². The average Bonchev–Trinajstić information content (AvgIpc) is 4.06. The topological polar surface area (TPSA) is 19.7 Å². The molecule has 13 rings (SSSR count). The van der Waals surface area contributed by atoms with Gasteiger partial charge < -0.3 is 0 Å². The molecule has 0 fully saturated rings. The van der Waals surface area contributed by atoms with Crippen LogP contribution in [-0.4, -0.2) is 18.3 Å². The molecule has 1 aliphatic rings. The van der Waals surface area contributed by atoms with E-state index in [1.165, 1.54) is 103 Å². The molecule has 5 heterocycles. The number of thiophene rings is 1. The van der Waals surface area contributed by atoms with Crippen molar-refractivity contribution in [3.63, 3.8) is 0 Å². The van der Waals surface area contributed by atoms with Crippen LogP contribution < -0.4 is 0 Å². The quantitative estimate of drug-likeness (QED) is 0.171. The first-order valence-electron chi connectivity index (χ1n) is 19.7. The molecule has 0 bridgehead atoms. The van der Waals surface area contributed by atoms with Crippen molar-refractivity contribution in [3.05, 3.63) is 186 Å². The van der Waals surface area contributed by atoms with Crippen LogP contribution in [0.3, 0.4) is 0 Å². The van der Waals surface area contributed by atoms with E-state index in [-0.39, 0.29) is 0 Å². The minimum atomic E-state index is 0.969. The van der Waals surface area contributed by atoms with Gasteiger partial charge in [0.1, 0.15) is 11.3 Å². The van der Waals surface area contributed by atoms with Gasteiger partial charge >= 0.3 is 0 Å². The van der Waals surface area contributed by atoms with Gasteiger partial charge in [-0.05, 0) is 91.2 Å². The predicted molar refractivity (Wildman–Crippen MR) is 242 cm³/mol. The highest BCUT2D eigenvalue weighted by Gasteiger charge is 2.26. The molecule has 0 saturated heterocycles. The van der Waals surface area contributed by atoms with Crippen molar-refractivity contribution in [2.24, 2.45) is 0 Å². The van der Waals surface area contributed by atoms with Crippen molar-refractivity contribution in [2.45, 2.75) is 12.8 Å². The van der Waals surface area contributed by atoms with Gasteiger partial charge in [-0.3, -0.25) is 18.3 Å². The Labute approximate surface area is 332 Å². The first-order chi connectivity index (χ1) is 28.3. The second-order valence-electron chi connectivity index (χ2n) is 15.2. The van der Waals surface area contributed by atoms with Gasteiger partial charge in [0, 0.05) is 70.0 Å². The molecule has 5 heteroatoms. The molecule has 0 N–H and O–H groups in total. The van der Waals surface area contributed by atoms with Crippen LogP contribution in [0.5, 0.6) is 0 Å². The van der Waals surface area contributed by atoms with E-state index in [0.717, 1.165) is 18.5 Å². The van der Waals surface area contributed by atoms with Crippen molar-refractivity contribution in [1.29, 1.82) is 0 Å². The zero-order valence-corrected chi connectivity index (χ0v) is 31.7. The standard InChI is InChI=1S/C52H34N4S/c1-3-15-33(16-4-1)53-43-23-11-7-19-37(43)49-39-21-9-13-25-45(39)55(51(49)53)35-27-29-47-41(31-35)42-32-36(28-30-48(42)57-47)56-46-26-14-10-22-40(46)50-38-20-8-12-24-44(38)54(52(50)56)34-17-5-2-6-18-34/h1-27,29,31-32H,28,30H2. The molecular formula is C52H34N4S. The van der Waals surface area contributed by atoms with Gasteiger partial charge in [0.15, 0.2) is 0 Å². The Morgan fingerprint density at radius 2 is 0.807 bits per heavy atom. The maximum Gasteiger partial charge on any atom is 0.131 e. The van der Waals surface area contributed by atoms with Crippen LogP contribution in [0, 0.1) is 0 Å². The molecule has 268 valence electrons. The molecule has 0 amide bonds. The number of nitrogens with zero attached hydrogens (tertiary/aromatic N) is 4. The van der Waals surface area contributed by atoms with E-state index >= 15 is 0 Å². The Hall–Kier alpha value is -7.08. The van der Waals surface area contributed by atoms with Gasteiger partial charge in [-0.2, -0.15) is 0 Å². The summed E-state index contributed by atoms with van der Waals surface area (Å²) in [6, 6.07) is 64.4. The molecule has 1 aliphatic carbocycles. The van der Waals surface area contributed by atoms with Crippen molar-refractivity contribution in [3.8, 4) is 17.1 Å². The third-order valence-corrected chi connectivity index (χ3v) is 13.5. The summed E-state index contributed by atoms with van der Waals surface area (Å²) >= 11 is 1.95. The summed E-state index contributed by atoms with van der Waals surface area (Å²) in [5.74, 6) is 0. The Kier molecular flexibility index (Phi) is 6.40. The maximum atomic E-state index is 2.56. The van der Waals surface area contributed by atoms with Crippen molar-refractivity contribution < 1.29 is 0 Å². The molecule has 5 aromatic heterocycles. The fourth-order valence-corrected chi connectivity index (χ4v) is 11.1. The predicted octanol–water partition coefficient (Wildman–Crippen LogP) is 13.9. The van der Waals surface area contributed by atoms with Crippen LogP contribution in [0.25, 0.3) is 105 Å². The number of rotatable bonds is 4. The van der Waals surface area contributed by atoms with Crippen LogP contribution in [0.15, 0.2) is 176 Å². The number of aryl methyl sites for hydroxylation is 1. The second-order valence-corrected chi connectivity index (χ2v) is 16.4. The van der Waals surface area contributed by atoms with Crippen LogP contribution in [0.1, 0.15) is 16.9 Å². The van der Waals surface area contributed by atoms with Crippen LogP contribution in [-0.2, 0) is 6.42 Å². The second kappa shape index (κ2) is 11.7. The van der Waals surface area contributed by atoms with Gasteiger partial charge in [-0.1, -0.05) is 109 Å². The zero-order chi connectivity index (χ0) is 37.2. The first-order valence-corrected chi connectivity index (χ1v) is 20.6. The minimum absolute atomic E-state index is 0.969. The molecule has 4 nitrogen and oxygen atoms in total. The molecule has 0 spiro atoms. The average molecular weight is 747 g/mol. The summed E-state index contributed by atoms with van der Waals surface area (Å²) in [4.78, 5) is 1.46. The Bertz CT molecular complexity index is 3620. The summed E-state index contributed by atoms with van der Waals surface area (Å²) in [7, 11) is 0. The molecule has 0 unspecified atom stereocenters. The van der Waals surface area contributed by atoms with Crippen LogP contribution in [0.2, 0.25) is 0 Å². The number of allylic oxidation sites excluding steroid dienone is 1. The molecule has 12 aromatic rings. The van der Waals surface area contributed by atoms with Gasteiger partial charge in [0.25, 0.3) is 0 Å². The SMILES string of the molecule is C1=C(n2c3ccccc3c3c4ccccc4n(-c4ccccc4)c32)CCc2sc3ccc(-n4c5ccccc5c5c6ccccc6n(-c6ccccc6)c54)cc3c21. The summed E-state index contributed by atoms with van der Waals surface area (Å²) in [6.07, 6.45) is 4.48. The van der Waals surface area contributed by atoms with Crippen molar-refractivity contribution in [1.82, 2.24) is 18.3 Å². The lowest BCUT2D eigenvalue weighted by Gasteiger charge is -2.19. The molecule has 0 atom stereocenters. The molecule has 7 aromatic carbocycles. The van der Waals surface area contributed by atoms with Gasteiger partial charge in [0.2, 0.25) is 0 Å². The number of aromatic nitrogens is 4. The normalized spacial score (nSPS) is 13.2. The van der Waals surface area contributed by atoms with E-state index < -0.39 is 0 Å². The lowest BCUT2D eigenvalue weighted by molar-refractivity contribution is 0.952. The Morgan fingerprint density at radius 1 is 0.368 bits per heavy atom. The molecule has 0 saturated carbocycles. The fraction of sp³-hybridized carbons (Fsp3) is 0.0385. The smallest absolute Gasteiger partial charge is 0.131 e. The third-order valence-electron chi connectivity index (χ3n) is 12.2. The lowest BCUT2D eigenvalue weighted by atomic mass is 9.99. The van der Waals surface area contributed by atoms with Gasteiger partial charge in [0.05, 0.1) is 22.1 Å². The number of hydrogen-bond donors (Lipinski definition) is 0. The molecule has 0 radical (unpaired) electrons. The van der Waals surface area contributed by atoms with Gasteiger partial charge in [-0.15, -0.1) is 11.3 Å². The van der Waals surface area contributed by atoms with Gasteiger partial charge in [-0.25, -0.2) is 0 Å². The highest BCUT2D eigenvalue weighted by atomic mass is 32.1. The summed E-state index contributed by atoms with van der Waals surface area (Å²) in [5, 5.41) is 9.03. The first kappa shape index (κ1) is 31.2. The zero-order valence-electron chi connectivity index (χ0n) is 30.9. The number of fused-ring (bicyclic) bond motifs is 13. The summed E-state index contributed by atoms with van der Waals surface area (Å²) in [6.45, 7) is 0. The summed E-state index contributed by atoms with van der Waals surface area (Å²) < 4.78 is 11.3. The van der Waals surface area contributed by atoms with Crippen molar-refractivity contribution >= 4 is 98.9 Å². The maximum absolute atomic E-state index is 2.56.